The minimum Gasteiger partial charge on any atom is -0.349 e. The van der Waals surface area contributed by atoms with E-state index in [1.54, 1.807) is 0 Å². The Labute approximate surface area is 205 Å². The summed E-state index contributed by atoms with van der Waals surface area (Å²) in [6, 6.07) is 0. The van der Waals surface area contributed by atoms with Crippen molar-refractivity contribution in [1.82, 2.24) is 0 Å². The van der Waals surface area contributed by atoms with Gasteiger partial charge in [0.05, 0.1) is 26.1 Å². The first-order valence-corrected chi connectivity index (χ1v) is 14.1. The summed E-state index contributed by atoms with van der Waals surface area (Å²) < 4.78 is 19.3. The zero-order chi connectivity index (χ0) is 23.5. The average molecular weight is 459 g/mol. The molecule has 3 nitrogen and oxygen atoms in total. The minimum absolute atomic E-state index is 0.632. The van der Waals surface area contributed by atoms with Gasteiger partial charge in [0.1, 0.15) is 0 Å². The maximum atomic E-state index is 6.78. The predicted octanol–water partition coefficient (Wildman–Crippen LogP) is 8.30. The normalized spacial score (nSPS) is 25.0. The lowest BCUT2D eigenvalue weighted by molar-refractivity contribution is -0.373. The lowest BCUT2D eigenvalue weighted by Gasteiger charge is -2.45. The van der Waals surface area contributed by atoms with Gasteiger partial charge in [0.25, 0.3) is 0 Å². The number of hydrogen-bond acceptors (Lipinski definition) is 3. The molecule has 2 aliphatic rings. The fraction of sp³-hybridized carbons (Fsp3) is 0.867. The SMILES string of the molecule is CCCCCCCC#CCC1(OC2(CC#CCCCCCCC)CCCCO2)CCCCO1. The molecule has 0 N–H and O–H groups in total. The summed E-state index contributed by atoms with van der Waals surface area (Å²) in [7, 11) is 0. The molecule has 0 amide bonds. The maximum absolute atomic E-state index is 6.78. The molecule has 2 heterocycles. The predicted molar refractivity (Wildman–Crippen MR) is 138 cm³/mol. The summed E-state index contributed by atoms with van der Waals surface area (Å²) in [6.45, 7) is 6.01. The van der Waals surface area contributed by atoms with Gasteiger partial charge in [-0.1, -0.05) is 77.1 Å². The van der Waals surface area contributed by atoms with Crippen molar-refractivity contribution in [3.8, 4) is 23.7 Å². The number of unbranched alkanes of at least 4 members (excludes halogenated alkanes) is 10. The van der Waals surface area contributed by atoms with Crippen LogP contribution in [0, 0.1) is 23.7 Å². The van der Waals surface area contributed by atoms with Crippen LogP contribution in [0.5, 0.6) is 0 Å². The molecule has 3 heteroatoms. The summed E-state index contributed by atoms with van der Waals surface area (Å²) >= 11 is 0. The number of ether oxygens (including phenoxy) is 3. The highest BCUT2D eigenvalue weighted by atomic mass is 16.8. The second-order valence-corrected chi connectivity index (χ2v) is 9.92. The molecule has 0 aromatic rings. The van der Waals surface area contributed by atoms with Crippen molar-refractivity contribution in [1.29, 1.82) is 0 Å². The van der Waals surface area contributed by atoms with Crippen LogP contribution in [0.3, 0.4) is 0 Å². The van der Waals surface area contributed by atoms with Crippen molar-refractivity contribution < 1.29 is 14.2 Å². The highest BCUT2D eigenvalue weighted by molar-refractivity contribution is 5.06. The molecule has 0 radical (unpaired) electrons. The van der Waals surface area contributed by atoms with Gasteiger partial charge in [-0.2, -0.15) is 0 Å². The largest absolute Gasteiger partial charge is 0.349 e. The lowest BCUT2D eigenvalue weighted by Crippen LogP contribution is -2.50. The molecular weight excluding hydrogens is 408 g/mol. The first kappa shape index (κ1) is 28.2. The van der Waals surface area contributed by atoms with Gasteiger partial charge in [-0.05, 0) is 38.5 Å². The van der Waals surface area contributed by atoms with E-state index >= 15 is 0 Å². The lowest BCUT2D eigenvalue weighted by atomic mass is 9.98. The van der Waals surface area contributed by atoms with Crippen LogP contribution in [0.4, 0.5) is 0 Å². The second-order valence-electron chi connectivity index (χ2n) is 9.92. The first-order chi connectivity index (χ1) is 16.2. The van der Waals surface area contributed by atoms with Crippen molar-refractivity contribution in [2.75, 3.05) is 13.2 Å². The monoisotopic (exact) mass is 458 g/mol. The molecule has 33 heavy (non-hydrogen) atoms. The third-order valence-electron chi connectivity index (χ3n) is 6.78. The quantitative estimate of drug-likeness (QED) is 0.193. The molecule has 0 aromatic carbocycles. The number of rotatable bonds is 14. The van der Waals surface area contributed by atoms with Crippen LogP contribution in [0.25, 0.3) is 0 Å². The molecule has 188 valence electrons. The Hall–Kier alpha value is -1.00. The Morgan fingerprint density at radius 1 is 0.576 bits per heavy atom. The van der Waals surface area contributed by atoms with Gasteiger partial charge in [0.15, 0.2) is 11.6 Å². The zero-order valence-electron chi connectivity index (χ0n) is 21.8. The molecule has 2 fully saturated rings. The molecule has 0 aliphatic carbocycles. The van der Waals surface area contributed by atoms with E-state index in [0.717, 1.165) is 64.6 Å². The Balaban J connectivity index is 1.90. The summed E-state index contributed by atoms with van der Waals surface area (Å²) in [4.78, 5) is 0. The van der Waals surface area contributed by atoms with E-state index < -0.39 is 11.6 Å². The van der Waals surface area contributed by atoms with Gasteiger partial charge < -0.3 is 14.2 Å². The fourth-order valence-corrected chi connectivity index (χ4v) is 4.71. The molecule has 2 rings (SSSR count). The Morgan fingerprint density at radius 3 is 1.42 bits per heavy atom. The van der Waals surface area contributed by atoms with Gasteiger partial charge in [-0.15, -0.1) is 11.8 Å². The fourth-order valence-electron chi connectivity index (χ4n) is 4.71. The van der Waals surface area contributed by atoms with Crippen molar-refractivity contribution in [3.05, 3.63) is 0 Å². The van der Waals surface area contributed by atoms with E-state index in [2.05, 4.69) is 37.5 Å². The van der Waals surface area contributed by atoms with Crippen LogP contribution in [0.1, 0.15) is 142 Å². The molecule has 0 aromatic heterocycles. The molecule has 2 atom stereocenters. The first-order valence-electron chi connectivity index (χ1n) is 14.1. The molecule has 2 saturated heterocycles. The van der Waals surface area contributed by atoms with Gasteiger partial charge >= 0.3 is 0 Å². The topological polar surface area (TPSA) is 27.7 Å². The van der Waals surface area contributed by atoms with Crippen molar-refractivity contribution in [3.63, 3.8) is 0 Å². The maximum Gasteiger partial charge on any atom is 0.182 e. The van der Waals surface area contributed by atoms with Crippen LogP contribution in [-0.2, 0) is 14.2 Å². The van der Waals surface area contributed by atoms with Crippen molar-refractivity contribution in [2.45, 2.75) is 154 Å². The minimum atomic E-state index is -0.632. The zero-order valence-corrected chi connectivity index (χ0v) is 21.8. The molecule has 0 bridgehead atoms. The molecule has 0 saturated carbocycles. The van der Waals surface area contributed by atoms with Crippen LogP contribution in [-0.4, -0.2) is 24.8 Å². The van der Waals surface area contributed by atoms with E-state index in [1.807, 2.05) is 0 Å². The smallest absolute Gasteiger partial charge is 0.182 e. The van der Waals surface area contributed by atoms with E-state index in [4.69, 9.17) is 14.2 Å². The molecule has 2 aliphatic heterocycles. The summed E-state index contributed by atoms with van der Waals surface area (Å²) in [5.74, 6) is 12.3. The molecule has 2 unspecified atom stereocenters. The number of hydrogen-bond donors (Lipinski definition) is 0. The van der Waals surface area contributed by atoms with E-state index in [1.165, 1.54) is 64.2 Å². The Kier molecular flexibility index (Phi) is 14.9. The second kappa shape index (κ2) is 17.4. The highest BCUT2D eigenvalue weighted by Gasteiger charge is 2.45. The summed E-state index contributed by atoms with van der Waals surface area (Å²) in [5, 5.41) is 0. The third kappa shape index (κ3) is 11.8. The molecular formula is C30H50O3. The van der Waals surface area contributed by atoms with E-state index in [0.29, 0.717) is 12.8 Å². The summed E-state index contributed by atoms with van der Waals surface area (Å²) in [5.41, 5.74) is 0. The third-order valence-corrected chi connectivity index (χ3v) is 6.78. The van der Waals surface area contributed by atoms with Gasteiger partial charge in [-0.25, -0.2) is 0 Å². The Bertz CT molecular complexity index is 552. The average Bonchev–Trinajstić information content (AvgIpc) is 2.84. The standard InChI is InChI=1S/C30H50O3/c1-3-5-7-9-11-13-15-17-23-29(25-19-21-27-31-29)33-30(26-20-22-28-32-30)24-18-16-14-12-10-8-6-4-2/h3-14,19-28H2,1-2H3. The highest BCUT2D eigenvalue weighted by Crippen LogP contribution is 2.39. The van der Waals surface area contributed by atoms with Crippen molar-refractivity contribution in [2.24, 2.45) is 0 Å². The van der Waals surface area contributed by atoms with Crippen LogP contribution in [0.15, 0.2) is 0 Å². The van der Waals surface area contributed by atoms with Crippen LogP contribution in [0.2, 0.25) is 0 Å². The summed E-state index contributed by atoms with van der Waals surface area (Å²) in [6.07, 6.45) is 22.3. The van der Waals surface area contributed by atoms with Gasteiger partial charge in [0, 0.05) is 25.7 Å². The van der Waals surface area contributed by atoms with Crippen LogP contribution >= 0.6 is 0 Å². The van der Waals surface area contributed by atoms with E-state index in [9.17, 15) is 0 Å². The Morgan fingerprint density at radius 2 is 1.03 bits per heavy atom. The van der Waals surface area contributed by atoms with Crippen molar-refractivity contribution >= 4 is 0 Å². The van der Waals surface area contributed by atoms with Gasteiger partial charge in [0.2, 0.25) is 0 Å². The molecule has 0 spiro atoms. The van der Waals surface area contributed by atoms with Gasteiger partial charge in [-0.3, -0.25) is 0 Å². The van der Waals surface area contributed by atoms with E-state index in [-0.39, 0.29) is 0 Å². The van der Waals surface area contributed by atoms with Crippen LogP contribution < -0.4 is 0 Å².